The van der Waals surface area contributed by atoms with Gasteiger partial charge in [-0.05, 0) is 24.6 Å². The Morgan fingerprint density at radius 1 is 1.32 bits per heavy atom. The summed E-state index contributed by atoms with van der Waals surface area (Å²) in [5.41, 5.74) is -0.308. The molecule has 8 heteroatoms. The predicted octanol–water partition coefficient (Wildman–Crippen LogP) is 3.23. The topological polar surface area (TPSA) is 97.0 Å². The Bertz CT molecular complexity index is 830. The summed E-state index contributed by atoms with van der Waals surface area (Å²) in [6, 6.07) is 5.58. The van der Waals surface area contributed by atoms with Gasteiger partial charge in [0.25, 0.3) is 0 Å². The third-order valence-electron chi connectivity index (χ3n) is 3.49. The van der Waals surface area contributed by atoms with Gasteiger partial charge in [0.15, 0.2) is 5.76 Å². The Hall–Kier alpha value is -2.02. The van der Waals surface area contributed by atoms with Gasteiger partial charge in [0.2, 0.25) is 11.2 Å². The maximum atomic E-state index is 12.0. The van der Waals surface area contributed by atoms with E-state index in [9.17, 15) is 19.8 Å². The summed E-state index contributed by atoms with van der Waals surface area (Å²) in [6.07, 6.45) is -0.222. The maximum absolute atomic E-state index is 12.0. The van der Waals surface area contributed by atoms with Crippen LogP contribution in [0.4, 0.5) is 0 Å². The van der Waals surface area contributed by atoms with E-state index in [4.69, 9.17) is 32.4 Å². The monoisotopic (exact) mass is 386 g/mol. The molecule has 1 heterocycles. The number of aliphatic hydroxyl groups excluding tert-OH is 1. The van der Waals surface area contributed by atoms with Crippen LogP contribution in [0, 0.1) is 0 Å². The van der Waals surface area contributed by atoms with Gasteiger partial charge in [-0.3, -0.25) is 9.59 Å². The molecule has 6 nitrogen and oxygen atoms in total. The van der Waals surface area contributed by atoms with Crippen molar-refractivity contribution in [3.8, 4) is 5.75 Å². The molecule has 1 aromatic heterocycles. The average Bonchev–Trinajstić information content (AvgIpc) is 2.56. The van der Waals surface area contributed by atoms with Crippen LogP contribution in [0.5, 0.6) is 5.75 Å². The van der Waals surface area contributed by atoms with Crippen LogP contribution in [0.25, 0.3) is 0 Å². The molecule has 0 saturated heterocycles. The standard InChI is InChI=1S/C17H16Cl2O6/c1-2-24-15(22)7-12(11-4-3-9(18)5-13(11)19)17-16(23)14(21)6-10(8-20)25-17/h3-6,12,20,23H,2,7-8H2,1H3/t12-/m0/s1. The van der Waals surface area contributed by atoms with Gasteiger partial charge < -0.3 is 19.4 Å². The summed E-state index contributed by atoms with van der Waals surface area (Å²) in [4.78, 5) is 23.9. The van der Waals surface area contributed by atoms with E-state index in [1.807, 2.05) is 0 Å². The minimum Gasteiger partial charge on any atom is -0.502 e. The van der Waals surface area contributed by atoms with Crippen molar-refractivity contribution in [2.24, 2.45) is 0 Å². The molecule has 2 N–H and O–H groups in total. The smallest absolute Gasteiger partial charge is 0.306 e. The Morgan fingerprint density at radius 3 is 2.64 bits per heavy atom. The zero-order valence-corrected chi connectivity index (χ0v) is 14.8. The molecule has 0 bridgehead atoms. The van der Waals surface area contributed by atoms with Gasteiger partial charge in [-0.15, -0.1) is 0 Å². The van der Waals surface area contributed by atoms with Crippen LogP contribution in [-0.2, 0) is 16.1 Å². The van der Waals surface area contributed by atoms with E-state index in [0.29, 0.717) is 10.6 Å². The van der Waals surface area contributed by atoms with Gasteiger partial charge in [-0.25, -0.2) is 0 Å². The van der Waals surface area contributed by atoms with Gasteiger partial charge in [0, 0.05) is 16.1 Å². The molecule has 2 rings (SSSR count). The number of hydrogen-bond acceptors (Lipinski definition) is 6. The molecule has 0 saturated carbocycles. The van der Waals surface area contributed by atoms with Crippen LogP contribution >= 0.6 is 23.2 Å². The van der Waals surface area contributed by atoms with E-state index >= 15 is 0 Å². The van der Waals surface area contributed by atoms with Crippen molar-refractivity contribution < 1.29 is 24.2 Å². The fourth-order valence-corrected chi connectivity index (χ4v) is 2.92. The van der Waals surface area contributed by atoms with Gasteiger partial charge in [0.05, 0.1) is 18.9 Å². The van der Waals surface area contributed by atoms with Crippen LogP contribution in [0.2, 0.25) is 10.0 Å². The highest BCUT2D eigenvalue weighted by molar-refractivity contribution is 6.35. The fourth-order valence-electron chi connectivity index (χ4n) is 2.38. The lowest BCUT2D eigenvalue weighted by Gasteiger charge is -2.18. The zero-order chi connectivity index (χ0) is 18.6. The van der Waals surface area contributed by atoms with Crippen LogP contribution in [0.1, 0.15) is 36.3 Å². The molecule has 0 radical (unpaired) electrons. The summed E-state index contributed by atoms with van der Waals surface area (Å²) >= 11 is 12.1. The SMILES string of the molecule is CCOC(=O)C[C@@H](c1ccc(Cl)cc1Cl)c1oc(CO)cc(=O)c1O. The van der Waals surface area contributed by atoms with Crippen LogP contribution in [0.3, 0.4) is 0 Å². The highest BCUT2D eigenvalue weighted by atomic mass is 35.5. The lowest BCUT2D eigenvalue weighted by atomic mass is 9.92. The van der Waals surface area contributed by atoms with Gasteiger partial charge in [0.1, 0.15) is 12.4 Å². The van der Waals surface area contributed by atoms with E-state index < -0.39 is 29.7 Å². The second-order valence-corrected chi connectivity index (χ2v) is 6.02. The van der Waals surface area contributed by atoms with E-state index in [0.717, 1.165) is 6.07 Å². The molecule has 25 heavy (non-hydrogen) atoms. The normalized spacial score (nSPS) is 12.0. The fraction of sp³-hybridized carbons (Fsp3) is 0.294. The minimum absolute atomic E-state index is 0.0447. The maximum Gasteiger partial charge on any atom is 0.306 e. The zero-order valence-electron chi connectivity index (χ0n) is 13.3. The number of carbonyl (C=O) groups excluding carboxylic acids is 1. The number of benzene rings is 1. The van der Waals surface area contributed by atoms with E-state index in [1.54, 1.807) is 19.1 Å². The summed E-state index contributed by atoms with van der Waals surface area (Å²) < 4.78 is 10.4. The summed E-state index contributed by atoms with van der Waals surface area (Å²) in [6.45, 7) is 1.29. The summed E-state index contributed by atoms with van der Waals surface area (Å²) in [7, 11) is 0. The molecule has 134 valence electrons. The Morgan fingerprint density at radius 2 is 2.04 bits per heavy atom. The van der Waals surface area contributed by atoms with Gasteiger partial charge >= 0.3 is 5.97 Å². The minimum atomic E-state index is -0.886. The second kappa shape index (κ2) is 8.38. The van der Waals surface area contributed by atoms with E-state index in [-0.39, 0.29) is 29.6 Å². The largest absolute Gasteiger partial charge is 0.502 e. The molecule has 0 aliphatic carbocycles. The van der Waals surface area contributed by atoms with Crippen molar-refractivity contribution in [3.63, 3.8) is 0 Å². The van der Waals surface area contributed by atoms with Gasteiger partial charge in [-0.1, -0.05) is 29.3 Å². The van der Waals surface area contributed by atoms with Crippen LogP contribution < -0.4 is 5.43 Å². The van der Waals surface area contributed by atoms with E-state index in [1.165, 1.54) is 6.07 Å². The number of rotatable bonds is 6. The number of ether oxygens (including phenoxy) is 1. The molecular formula is C17H16Cl2O6. The molecule has 1 aromatic carbocycles. The molecule has 0 spiro atoms. The molecule has 0 aliphatic rings. The van der Waals surface area contributed by atoms with E-state index in [2.05, 4.69) is 0 Å². The number of carbonyl (C=O) groups is 1. The highest BCUT2D eigenvalue weighted by Gasteiger charge is 2.28. The molecule has 0 fully saturated rings. The lowest BCUT2D eigenvalue weighted by molar-refractivity contribution is -0.143. The average molecular weight is 387 g/mol. The first-order chi connectivity index (χ1) is 11.9. The summed E-state index contributed by atoms with van der Waals surface area (Å²) in [5, 5.41) is 20.0. The first kappa shape index (κ1) is 19.3. The first-order valence-corrected chi connectivity index (χ1v) is 8.20. The Kier molecular flexibility index (Phi) is 6.47. The van der Waals surface area contributed by atoms with Crippen molar-refractivity contribution >= 4 is 29.2 Å². The molecule has 0 unspecified atom stereocenters. The van der Waals surface area contributed by atoms with Crippen molar-refractivity contribution in [1.29, 1.82) is 0 Å². The van der Waals surface area contributed by atoms with Crippen molar-refractivity contribution in [2.45, 2.75) is 25.9 Å². The molecule has 0 aliphatic heterocycles. The Labute approximate surface area is 153 Å². The Balaban J connectivity index is 2.61. The summed E-state index contributed by atoms with van der Waals surface area (Å²) in [5.74, 6) is -2.32. The van der Waals surface area contributed by atoms with Crippen molar-refractivity contribution in [1.82, 2.24) is 0 Å². The quantitative estimate of drug-likeness (QED) is 0.739. The molecule has 0 amide bonds. The third kappa shape index (κ3) is 4.54. The predicted molar refractivity (Wildman–Crippen MR) is 92.1 cm³/mol. The number of halogens is 2. The molecular weight excluding hydrogens is 371 g/mol. The van der Waals surface area contributed by atoms with Crippen molar-refractivity contribution in [3.05, 3.63) is 61.6 Å². The number of hydrogen-bond donors (Lipinski definition) is 2. The van der Waals surface area contributed by atoms with Crippen molar-refractivity contribution in [2.75, 3.05) is 6.61 Å². The van der Waals surface area contributed by atoms with Crippen LogP contribution in [0.15, 0.2) is 33.5 Å². The molecule has 2 aromatic rings. The molecule has 1 atom stereocenters. The third-order valence-corrected chi connectivity index (χ3v) is 4.05. The first-order valence-electron chi connectivity index (χ1n) is 7.44. The highest BCUT2D eigenvalue weighted by Crippen LogP contribution is 2.37. The number of aliphatic hydroxyl groups is 1. The number of aromatic hydroxyl groups is 1. The number of esters is 1. The second-order valence-electron chi connectivity index (χ2n) is 5.18. The van der Waals surface area contributed by atoms with Crippen LogP contribution in [-0.4, -0.2) is 22.8 Å². The lowest BCUT2D eigenvalue weighted by Crippen LogP contribution is -2.15. The van der Waals surface area contributed by atoms with Gasteiger partial charge in [-0.2, -0.15) is 0 Å².